The molecule has 0 bridgehead atoms. The third-order valence-electron chi connectivity index (χ3n) is 4.66. The Kier molecular flexibility index (Phi) is 4.18. The van der Waals surface area contributed by atoms with E-state index in [2.05, 4.69) is 28.9 Å². The third kappa shape index (κ3) is 2.87. The van der Waals surface area contributed by atoms with Gasteiger partial charge in [-0.15, -0.1) is 0 Å². The van der Waals surface area contributed by atoms with Crippen molar-refractivity contribution in [3.8, 4) is 0 Å². The van der Waals surface area contributed by atoms with Crippen molar-refractivity contribution < 1.29 is 19.2 Å². The number of fused-ring (bicyclic) bond motifs is 1. The molecule has 0 aromatic carbocycles. The molecular weight excluding hydrogens is 286 g/mol. The standard InChI is InChI=1S/C15H23N3O4/c1-10(2)5-13-16-12(17-22-13)7-18-6-11-8-21-4-3-15(11,9-18)14(19)20/h10-11H,3-9H2,1-2H3,(H,19,20)/t11-,15+/m1/s1. The van der Waals surface area contributed by atoms with Crippen LogP contribution < -0.4 is 0 Å². The van der Waals surface area contributed by atoms with Crippen LogP contribution in [0.1, 0.15) is 32.0 Å². The van der Waals surface area contributed by atoms with Crippen LogP contribution in [-0.4, -0.2) is 52.4 Å². The Morgan fingerprint density at radius 3 is 3.05 bits per heavy atom. The number of likely N-dealkylation sites (tertiary alicyclic amines) is 1. The molecule has 0 amide bonds. The van der Waals surface area contributed by atoms with E-state index in [-0.39, 0.29) is 5.92 Å². The number of hydrogen-bond donors (Lipinski definition) is 1. The van der Waals surface area contributed by atoms with Crippen molar-refractivity contribution in [3.05, 3.63) is 11.7 Å². The Hall–Kier alpha value is -1.47. The molecule has 122 valence electrons. The summed E-state index contributed by atoms with van der Waals surface area (Å²) in [7, 11) is 0. The van der Waals surface area contributed by atoms with Crippen molar-refractivity contribution in [2.45, 2.75) is 33.2 Å². The molecule has 0 aliphatic carbocycles. The van der Waals surface area contributed by atoms with Crippen LogP contribution in [-0.2, 0) is 22.5 Å². The number of hydrogen-bond acceptors (Lipinski definition) is 6. The molecule has 1 aromatic heterocycles. The van der Waals surface area contributed by atoms with Crippen molar-refractivity contribution in [2.24, 2.45) is 17.3 Å². The van der Waals surface area contributed by atoms with Crippen LogP contribution in [0.4, 0.5) is 0 Å². The average molecular weight is 309 g/mol. The quantitative estimate of drug-likeness (QED) is 0.874. The smallest absolute Gasteiger partial charge is 0.311 e. The monoisotopic (exact) mass is 309 g/mol. The Morgan fingerprint density at radius 1 is 1.55 bits per heavy atom. The molecule has 7 nitrogen and oxygen atoms in total. The van der Waals surface area contributed by atoms with Gasteiger partial charge in [0.15, 0.2) is 5.82 Å². The second-order valence-corrected chi connectivity index (χ2v) is 6.86. The van der Waals surface area contributed by atoms with Gasteiger partial charge in [0, 0.05) is 32.0 Å². The summed E-state index contributed by atoms with van der Waals surface area (Å²) in [6.45, 7) is 7.03. The summed E-state index contributed by atoms with van der Waals surface area (Å²) >= 11 is 0. The van der Waals surface area contributed by atoms with Crippen LogP contribution in [0.15, 0.2) is 4.52 Å². The molecular formula is C15H23N3O4. The molecule has 0 saturated carbocycles. The lowest BCUT2D eigenvalue weighted by molar-refractivity contribution is -0.157. The zero-order valence-corrected chi connectivity index (χ0v) is 13.1. The van der Waals surface area contributed by atoms with Gasteiger partial charge in [-0.1, -0.05) is 19.0 Å². The minimum absolute atomic E-state index is 0.0424. The fourth-order valence-corrected chi connectivity index (χ4v) is 3.51. The van der Waals surface area contributed by atoms with Gasteiger partial charge in [-0.2, -0.15) is 4.98 Å². The molecule has 2 fully saturated rings. The zero-order valence-electron chi connectivity index (χ0n) is 13.1. The van der Waals surface area contributed by atoms with Gasteiger partial charge < -0.3 is 14.4 Å². The third-order valence-corrected chi connectivity index (χ3v) is 4.66. The summed E-state index contributed by atoms with van der Waals surface area (Å²) in [5, 5.41) is 13.7. The topological polar surface area (TPSA) is 88.7 Å². The number of aliphatic carboxylic acids is 1. The van der Waals surface area contributed by atoms with Gasteiger partial charge >= 0.3 is 5.97 Å². The normalized spacial score (nSPS) is 29.0. The van der Waals surface area contributed by atoms with E-state index in [0.29, 0.717) is 56.9 Å². The second-order valence-electron chi connectivity index (χ2n) is 6.86. The maximum Gasteiger partial charge on any atom is 0.311 e. The molecule has 1 aromatic rings. The van der Waals surface area contributed by atoms with Gasteiger partial charge in [0.05, 0.1) is 18.6 Å². The van der Waals surface area contributed by atoms with E-state index in [1.54, 1.807) is 0 Å². The Labute approximate surface area is 129 Å². The molecule has 3 heterocycles. The van der Waals surface area contributed by atoms with Crippen LogP contribution in [0.3, 0.4) is 0 Å². The highest BCUT2D eigenvalue weighted by Gasteiger charge is 2.53. The number of carboxylic acid groups (broad SMARTS) is 1. The minimum Gasteiger partial charge on any atom is -0.481 e. The first-order valence-electron chi connectivity index (χ1n) is 7.84. The van der Waals surface area contributed by atoms with Gasteiger partial charge in [-0.25, -0.2) is 0 Å². The van der Waals surface area contributed by atoms with Crippen molar-refractivity contribution in [1.82, 2.24) is 15.0 Å². The summed E-state index contributed by atoms with van der Waals surface area (Å²) in [5.41, 5.74) is -0.678. The minimum atomic E-state index is -0.711. The number of carboxylic acids is 1. The highest BCUT2D eigenvalue weighted by molar-refractivity contribution is 5.76. The van der Waals surface area contributed by atoms with Gasteiger partial charge in [-0.05, 0) is 12.3 Å². The summed E-state index contributed by atoms with van der Waals surface area (Å²) in [4.78, 5) is 18.3. The molecule has 2 saturated heterocycles. The van der Waals surface area contributed by atoms with Gasteiger partial charge in [0.2, 0.25) is 5.89 Å². The van der Waals surface area contributed by atoms with E-state index in [0.717, 1.165) is 6.42 Å². The zero-order chi connectivity index (χ0) is 15.7. The second kappa shape index (κ2) is 5.96. The first-order valence-corrected chi connectivity index (χ1v) is 7.84. The van der Waals surface area contributed by atoms with Crippen LogP contribution in [0, 0.1) is 17.3 Å². The van der Waals surface area contributed by atoms with E-state index in [9.17, 15) is 9.90 Å². The maximum absolute atomic E-state index is 11.7. The van der Waals surface area contributed by atoms with Crippen LogP contribution in [0.2, 0.25) is 0 Å². The van der Waals surface area contributed by atoms with Crippen molar-refractivity contribution in [2.75, 3.05) is 26.3 Å². The molecule has 0 radical (unpaired) electrons. The van der Waals surface area contributed by atoms with Gasteiger partial charge in [0.25, 0.3) is 0 Å². The van der Waals surface area contributed by atoms with Gasteiger partial charge in [0.1, 0.15) is 0 Å². The fraction of sp³-hybridized carbons (Fsp3) is 0.800. The van der Waals surface area contributed by atoms with Crippen LogP contribution in [0.25, 0.3) is 0 Å². The maximum atomic E-state index is 11.7. The Morgan fingerprint density at radius 2 is 2.36 bits per heavy atom. The van der Waals surface area contributed by atoms with E-state index >= 15 is 0 Å². The first-order chi connectivity index (χ1) is 10.5. The summed E-state index contributed by atoms with van der Waals surface area (Å²) in [5.74, 6) is 1.08. The number of rotatable bonds is 5. The average Bonchev–Trinajstić information content (AvgIpc) is 3.02. The first kappa shape index (κ1) is 15.4. The largest absolute Gasteiger partial charge is 0.481 e. The van der Waals surface area contributed by atoms with E-state index in [1.165, 1.54) is 0 Å². The molecule has 7 heteroatoms. The molecule has 2 atom stereocenters. The van der Waals surface area contributed by atoms with Gasteiger partial charge in [-0.3, -0.25) is 9.69 Å². The SMILES string of the molecule is CC(C)Cc1nc(CN2C[C@@H]3COCC[C@]3(C(=O)O)C2)no1. The van der Waals surface area contributed by atoms with Crippen molar-refractivity contribution in [3.63, 3.8) is 0 Å². The summed E-state index contributed by atoms with van der Waals surface area (Å²) in [6.07, 6.45) is 1.34. The van der Waals surface area contributed by atoms with E-state index < -0.39 is 11.4 Å². The number of aromatic nitrogens is 2. The van der Waals surface area contributed by atoms with Crippen molar-refractivity contribution >= 4 is 5.97 Å². The lowest BCUT2D eigenvalue weighted by Crippen LogP contribution is -2.44. The summed E-state index contributed by atoms with van der Waals surface area (Å²) in [6, 6.07) is 0. The highest BCUT2D eigenvalue weighted by atomic mass is 16.5. The van der Waals surface area contributed by atoms with Crippen LogP contribution in [0.5, 0.6) is 0 Å². The highest BCUT2D eigenvalue weighted by Crippen LogP contribution is 2.42. The lowest BCUT2D eigenvalue weighted by Gasteiger charge is -2.34. The Balaban J connectivity index is 1.67. The predicted molar refractivity (Wildman–Crippen MR) is 77.1 cm³/mol. The summed E-state index contributed by atoms with van der Waals surface area (Å²) < 4.78 is 10.7. The molecule has 1 N–H and O–H groups in total. The van der Waals surface area contributed by atoms with Crippen LogP contribution >= 0.6 is 0 Å². The molecule has 2 aliphatic rings. The van der Waals surface area contributed by atoms with E-state index in [4.69, 9.17) is 9.26 Å². The van der Waals surface area contributed by atoms with Crippen molar-refractivity contribution in [1.29, 1.82) is 0 Å². The fourth-order valence-electron chi connectivity index (χ4n) is 3.51. The predicted octanol–water partition coefficient (Wildman–Crippen LogP) is 1.19. The number of carbonyl (C=O) groups is 1. The lowest BCUT2D eigenvalue weighted by atomic mass is 9.74. The van der Waals surface area contributed by atoms with E-state index in [1.807, 2.05) is 0 Å². The number of ether oxygens (including phenoxy) is 1. The Bertz CT molecular complexity index is 545. The number of nitrogens with zero attached hydrogens (tertiary/aromatic N) is 3. The molecule has 2 aliphatic heterocycles. The molecule has 22 heavy (non-hydrogen) atoms. The molecule has 3 rings (SSSR count). The molecule has 0 unspecified atom stereocenters. The molecule has 0 spiro atoms.